The van der Waals surface area contributed by atoms with E-state index in [9.17, 15) is 0 Å². The molecule has 0 bridgehead atoms. The van der Waals surface area contributed by atoms with Crippen molar-refractivity contribution < 1.29 is 0 Å². The van der Waals surface area contributed by atoms with Crippen molar-refractivity contribution in [3.63, 3.8) is 0 Å². The van der Waals surface area contributed by atoms with E-state index < -0.39 is 0 Å². The summed E-state index contributed by atoms with van der Waals surface area (Å²) >= 11 is 12.1. The van der Waals surface area contributed by atoms with Crippen LogP contribution in [0.1, 0.15) is 33.1 Å². The molecule has 1 saturated carbocycles. The molecule has 3 heteroatoms. The molecule has 0 aromatic heterocycles. The van der Waals surface area contributed by atoms with Crippen molar-refractivity contribution in [1.29, 1.82) is 0 Å². The molecule has 0 amide bonds. The lowest BCUT2D eigenvalue weighted by Crippen LogP contribution is -2.30. The molecule has 2 rings (SSSR count). The van der Waals surface area contributed by atoms with Gasteiger partial charge in [0.1, 0.15) is 0 Å². The zero-order valence-electron chi connectivity index (χ0n) is 10.3. The molecule has 1 nitrogen and oxygen atoms in total. The van der Waals surface area contributed by atoms with Gasteiger partial charge in [-0.3, -0.25) is 0 Å². The van der Waals surface area contributed by atoms with E-state index in [1.807, 2.05) is 18.2 Å². The fraction of sp³-hybridized carbons (Fsp3) is 0.571. The smallest absolute Gasteiger partial charge is 0.0638 e. The Morgan fingerprint density at radius 1 is 1.12 bits per heavy atom. The first-order valence-corrected chi connectivity index (χ1v) is 7.03. The molecule has 17 heavy (non-hydrogen) atoms. The number of nitrogens with one attached hydrogen (secondary N) is 1. The average Bonchev–Trinajstić information content (AvgIpc) is 2.29. The van der Waals surface area contributed by atoms with Crippen molar-refractivity contribution in [3.05, 3.63) is 28.2 Å². The van der Waals surface area contributed by atoms with Crippen LogP contribution < -0.4 is 5.32 Å². The third kappa shape index (κ3) is 3.29. The third-order valence-electron chi connectivity index (χ3n) is 3.89. The SMILES string of the molecule is CC1CCC(Nc2cc(Cl)ccc2Cl)CC1C. The zero-order valence-corrected chi connectivity index (χ0v) is 11.9. The molecular formula is C14H19Cl2N. The number of anilines is 1. The van der Waals surface area contributed by atoms with Gasteiger partial charge >= 0.3 is 0 Å². The van der Waals surface area contributed by atoms with Gasteiger partial charge in [-0.15, -0.1) is 0 Å². The first-order valence-electron chi connectivity index (χ1n) is 6.28. The molecule has 1 N–H and O–H groups in total. The third-order valence-corrected chi connectivity index (χ3v) is 4.45. The Kier molecular flexibility index (Phi) is 4.22. The maximum atomic E-state index is 6.16. The second-order valence-electron chi connectivity index (χ2n) is 5.23. The lowest BCUT2D eigenvalue weighted by molar-refractivity contribution is 0.261. The van der Waals surface area contributed by atoms with Gasteiger partial charge < -0.3 is 5.32 Å². The van der Waals surface area contributed by atoms with Crippen LogP contribution in [-0.2, 0) is 0 Å². The van der Waals surface area contributed by atoms with E-state index in [0.29, 0.717) is 6.04 Å². The van der Waals surface area contributed by atoms with E-state index in [4.69, 9.17) is 23.2 Å². The molecule has 94 valence electrons. The Bertz CT molecular complexity index is 392. The Balaban J connectivity index is 2.03. The van der Waals surface area contributed by atoms with Crippen molar-refractivity contribution in [2.45, 2.75) is 39.2 Å². The summed E-state index contributed by atoms with van der Waals surface area (Å²) in [6.45, 7) is 4.67. The highest BCUT2D eigenvalue weighted by Crippen LogP contribution is 2.33. The monoisotopic (exact) mass is 271 g/mol. The number of benzene rings is 1. The van der Waals surface area contributed by atoms with Gasteiger partial charge in [0, 0.05) is 11.1 Å². The van der Waals surface area contributed by atoms with Gasteiger partial charge in [-0.2, -0.15) is 0 Å². The number of hydrogen-bond donors (Lipinski definition) is 1. The van der Waals surface area contributed by atoms with E-state index >= 15 is 0 Å². The molecule has 3 atom stereocenters. The number of hydrogen-bond acceptors (Lipinski definition) is 1. The molecular weight excluding hydrogens is 253 g/mol. The van der Waals surface area contributed by atoms with Crippen LogP contribution in [0.15, 0.2) is 18.2 Å². The summed E-state index contributed by atoms with van der Waals surface area (Å²) in [6.07, 6.45) is 3.72. The fourth-order valence-electron chi connectivity index (χ4n) is 2.51. The van der Waals surface area contributed by atoms with Crippen molar-refractivity contribution in [2.75, 3.05) is 5.32 Å². The fourth-order valence-corrected chi connectivity index (χ4v) is 2.85. The molecule has 1 fully saturated rings. The quantitative estimate of drug-likeness (QED) is 0.777. The summed E-state index contributed by atoms with van der Waals surface area (Å²) in [5.74, 6) is 1.61. The summed E-state index contributed by atoms with van der Waals surface area (Å²) in [5.41, 5.74) is 0.964. The van der Waals surface area contributed by atoms with Crippen molar-refractivity contribution in [1.82, 2.24) is 0 Å². The minimum atomic E-state index is 0.525. The van der Waals surface area contributed by atoms with E-state index in [-0.39, 0.29) is 0 Å². The summed E-state index contributed by atoms with van der Waals surface area (Å²) in [4.78, 5) is 0. The Morgan fingerprint density at radius 2 is 1.88 bits per heavy atom. The van der Waals surface area contributed by atoms with Gasteiger partial charge in [-0.25, -0.2) is 0 Å². The van der Waals surface area contributed by atoms with Crippen LogP contribution in [0.25, 0.3) is 0 Å². The van der Waals surface area contributed by atoms with Gasteiger partial charge in [-0.1, -0.05) is 37.0 Å². The van der Waals surface area contributed by atoms with Crippen LogP contribution in [-0.4, -0.2) is 6.04 Å². The van der Waals surface area contributed by atoms with Gasteiger partial charge in [-0.05, 0) is 49.3 Å². The number of rotatable bonds is 2. The molecule has 1 aromatic carbocycles. The van der Waals surface area contributed by atoms with Gasteiger partial charge in [0.05, 0.1) is 10.7 Å². The van der Waals surface area contributed by atoms with Crippen LogP contribution >= 0.6 is 23.2 Å². The molecule has 0 saturated heterocycles. The highest BCUT2D eigenvalue weighted by atomic mass is 35.5. The van der Waals surface area contributed by atoms with E-state index in [1.165, 1.54) is 19.3 Å². The topological polar surface area (TPSA) is 12.0 Å². The molecule has 0 radical (unpaired) electrons. The predicted octanol–water partition coefficient (Wildman–Crippen LogP) is 5.23. The first-order chi connectivity index (χ1) is 8.06. The maximum absolute atomic E-state index is 6.16. The van der Waals surface area contributed by atoms with Crippen molar-refractivity contribution in [2.24, 2.45) is 11.8 Å². The lowest BCUT2D eigenvalue weighted by Gasteiger charge is -2.33. The van der Waals surface area contributed by atoms with Crippen LogP contribution in [0, 0.1) is 11.8 Å². The number of halogens is 2. The van der Waals surface area contributed by atoms with Gasteiger partial charge in [0.2, 0.25) is 0 Å². The second-order valence-corrected chi connectivity index (χ2v) is 6.08. The molecule has 1 aliphatic rings. The van der Waals surface area contributed by atoms with Crippen LogP contribution in [0.2, 0.25) is 10.0 Å². The average molecular weight is 272 g/mol. The molecule has 0 spiro atoms. The molecule has 3 unspecified atom stereocenters. The van der Waals surface area contributed by atoms with Gasteiger partial charge in [0.15, 0.2) is 0 Å². The lowest BCUT2D eigenvalue weighted by atomic mass is 9.79. The maximum Gasteiger partial charge on any atom is 0.0638 e. The zero-order chi connectivity index (χ0) is 12.4. The highest BCUT2D eigenvalue weighted by Gasteiger charge is 2.24. The van der Waals surface area contributed by atoms with E-state index in [1.54, 1.807) is 0 Å². The largest absolute Gasteiger partial charge is 0.381 e. The summed E-state index contributed by atoms with van der Waals surface area (Å²) in [6, 6.07) is 6.10. The van der Waals surface area contributed by atoms with Crippen molar-refractivity contribution in [3.8, 4) is 0 Å². The summed E-state index contributed by atoms with van der Waals surface area (Å²) in [5, 5.41) is 5.01. The van der Waals surface area contributed by atoms with E-state index in [0.717, 1.165) is 27.6 Å². The predicted molar refractivity (Wildman–Crippen MR) is 76.1 cm³/mol. The Morgan fingerprint density at radius 3 is 2.59 bits per heavy atom. The molecule has 0 aliphatic heterocycles. The standard InChI is InChI=1S/C14H19Cl2N/c1-9-3-5-12(7-10(9)2)17-14-8-11(15)4-6-13(14)16/h4,6,8-10,12,17H,3,5,7H2,1-2H3. The molecule has 1 aromatic rings. The van der Waals surface area contributed by atoms with Crippen LogP contribution in [0.3, 0.4) is 0 Å². The normalized spacial score (nSPS) is 29.1. The Hall–Kier alpha value is -0.400. The molecule has 0 heterocycles. The highest BCUT2D eigenvalue weighted by molar-refractivity contribution is 6.35. The second kappa shape index (κ2) is 5.49. The summed E-state index contributed by atoms with van der Waals surface area (Å²) < 4.78 is 0. The minimum Gasteiger partial charge on any atom is -0.381 e. The Labute approximate surface area is 114 Å². The van der Waals surface area contributed by atoms with Crippen LogP contribution in [0.5, 0.6) is 0 Å². The molecule has 1 aliphatic carbocycles. The first kappa shape index (κ1) is 13.0. The minimum absolute atomic E-state index is 0.525. The van der Waals surface area contributed by atoms with Crippen LogP contribution in [0.4, 0.5) is 5.69 Å². The van der Waals surface area contributed by atoms with E-state index in [2.05, 4.69) is 19.2 Å². The van der Waals surface area contributed by atoms with Gasteiger partial charge in [0.25, 0.3) is 0 Å². The van der Waals surface area contributed by atoms with Crippen molar-refractivity contribution >= 4 is 28.9 Å². The summed E-state index contributed by atoms with van der Waals surface area (Å²) in [7, 11) is 0.